The summed E-state index contributed by atoms with van der Waals surface area (Å²) >= 11 is 0. The molecule has 2 N–H and O–H groups in total. The van der Waals surface area contributed by atoms with Crippen molar-refractivity contribution in [3.05, 3.63) is 0 Å². The Hall–Kier alpha value is -0.160. The summed E-state index contributed by atoms with van der Waals surface area (Å²) in [5.41, 5.74) is 0. The molecule has 0 aromatic carbocycles. The molecule has 0 saturated carbocycles. The van der Waals surface area contributed by atoms with Crippen LogP contribution in [0.2, 0.25) is 0 Å². The van der Waals surface area contributed by atoms with E-state index in [1.54, 1.807) is 0 Å². The van der Waals surface area contributed by atoms with Gasteiger partial charge in [0.1, 0.15) is 18.3 Å². The fourth-order valence-electron chi connectivity index (χ4n) is 2.08. The van der Waals surface area contributed by atoms with Crippen LogP contribution in [-0.2, 0) is 9.47 Å². The van der Waals surface area contributed by atoms with E-state index in [1.165, 1.54) is 32.1 Å². The first-order valence-electron chi connectivity index (χ1n) is 6.81. The third-order valence-corrected chi connectivity index (χ3v) is 3.25. The molecule has 1 fully saturated rings. The van der Waals surface area contributed by atoms with Gasteiger partial charge in [0.25, 0.3) is 0 Å². The Bertz CT molecular complexity index is 186. The highest BCUT2D eigenvalue weighted by atomic mass is 16.6. The summed E-state index contributed by atoms with van der Waals surface area (Å²) in [6.07, 6.45) is 5.97. The molecule has 0 unspecified atom stereocenters. The Kier molecular flexibility index (Phi) is 7.77. The number of unbranched alkanes of at least 4 members (excludes halogenated alkanes) is 5. The van der Waals surface area contributed by atoms with Crippen molar-refractivity contribution < 1.29 is 19.7 Å². The molecule has 17 heavy (non-hydrogen) atoms. The zero-order valence-electron chi connectivity index (χ0n) is 10.8. The van der Waals surface area contributed by atoms with Crippen molar-refractivity contribution in [2.75, 3.05) is 19.8 Å². The molecular formula is C13H26O4. The number of rotatable bonds is 9. The number of hydrogen-bond donors (Lipinski definition) is 2. The summed E-state index contributed by atoms with van der Waals surface area (Å²) in [5.74, 6) is 0. The van der Waals surface area contributed by atoms with Crippen molar-refractivity contribution in [1.29, 1.82) is 0 Å². The van der Waals surface area contributed by atoms with E-state index in [-0.39, 0.29) is 12.7 Å². The largest absolute Gasteiger partial charge is 0.394 e. The van der Waals surface area contributed by atoms with Crippen LogP contribution < -0.4 is 0 Å². The quantitative estimate of drug-likeness (QED) is 0.605. The minimum absolute atomic E-state index is 0.141. The van der Waals surface area contributed by atoms with Gasteiger partial charge in [-0.3, -0.25) is 0 Å². The van der Waals surface area contributed by atoms with E-state index in [0.717, 1.165) is 6.42 Å². The van der Waals surface area contributed by atoms with Gasteiger partial charge in [0.15, 0.2) is 0 Å². The van der Waals surface area contributed by atoms with Gasteiger partial charge in [-0.25, -0.2) is 0 Å². The molecule has 1 aliphatic rings. The van der Waals surface area contributed by atoms with E-state index >= 15 is 0 Å². The molecule has 0 bridgehead atoms. The molecule has 1 saturated heterocycles. The molecule has 0 aromatic heterocycles. The molecule has 0 spiro atoms. The Morgan fingerprint density at radius 2 is 1.88 bits per heavy atom. The molecule has 4 heteroatoms. The van der Waals surface area contributed by atoms with Crippen molar-refractivity contribution in [3.8, 4) is 0 Å². The Labute approximate surface area is 104 Å². The Balaban J connectivity index is 1.96. The van der Waals surface area contributed by atoms with Crippen LogP contribution in [0.1, 0.15) is 45.4 Å². The lowest BCUT2D eigenvalue weighted by Gasteiger charge is -2.16. The molecule has 4 nitrogen and oxygen atoms in total. The maximum absolute atomic E-state index is 9.71. The van der Waals surface area contributed by atoms with Gasteiger partial charge in [-0.2, -0.15) is 0 Å². The predicted molar refractivity (Wildman–Crippen MR) is 65.9 cm³/mol. The zero-order chi connectivity index (χ0) is 12.5. The van der Waals surface area contributed by atoms with Crippen molar-refractivity contribution in [3.63, 3.8) is 0 Å². The summed E-state index contributed by atoms with van der Waals surface area (Å²) < 4.78 is 10.8. The fraction of sp³-hybridized carbons (Fsp3) is 1.00. The number of hydrogen-bond acceptors (Lipinski definition) is 4. The van der Waals surface area contributed by atoms with E-state index in [0.29, 0.717) is 13.2 Å². The van der Waals surface area contributed by atoms with Gasteiger partial charge < -0.3 is 19.7 Å². The maximum Gasteiger partial charge on any atom is 0.111 e. The van der Waals surface area contributed by atoms with E-state index in [2.05, 4.69) is 6.92 Å². The molecule has 1 aliphatic heterocycles. The topological polar surface area (TPSA) is 58.9 Å². The summed E-state index contributed by atoms with van der Waals surface area (Å²) in [5, 5.41) is 18.6. The minimum Gasteiger partial charge on any atom is -0.394 e. The highest BCUT2D eigenvalue weighted by Gasteiger charge is 2.35. The van der Waals surface area contributed by atoms with Crippen LogP contribution in [0, 0.1) is 0 Å². The first-order chi connectivity index (χ1) is 8.29. The lowest BCUT2D eigenvalue weighted by atomic mass is 10.1. The van der Waals surface area contributed by atoms with Gasteiger partial charge in [-0.1, -0.05) is 39.0 Å². The third kappa shape index (κ3) is 5.34. The number of aliphatic hydroxyl groups is 2. The van der Waals surface area contributed by atoms with Gasteiger partial charge in [0.2, 0.25) is 0 Å². The molecule has 1 heterocycles. The smallest absolute Gasteiger partial charge is 0.111 e. The van der Waals surface area contributed by atoms with Crippen molar-refractivity contribution in [2.24, 2.45) is 0 Å². The van der Waals surface area contributed by atoms with Gasteiger partial charge in [-0.15, -0.1) is 0 Å². The summed E-state index contributed by atoms with van der Waals surface area (Å²) in [7, 11) is 0. The van der Waals surface area contributed by atoms with Crippen molar-refractivity contribution in [2.45, 2.75) is 63.8 Å². The first-order valence-corrected chi connectivity index (χ1v) is 6.81. The second-order valence-corrected chi connectivity index (χ2v) is 4.72. The van der Waals surface area contributed by atoms with E-state index < -0.39 is 12.2 Å². The first kappa shape index (κ1) is 14.9. The van der Waals surface area contributed by atoms with Crippen LogP contribution >= 0.6 is 0 Å². The van der Waals surface area contributed by atoms with E-state index in [4.69, 9.17) is 14.6 Å². The molecular weight excluding hydrogens is 220 g/mol. The van der Waals surface area contributed by atoms with Gasteiger partial charge >= 0.3 is 0 Å². The van der Waals surface area contributed by atoms with Crippen LogP contribution in [0.3, 0.4) is 0 Å². The van der Waals surface area contributed by atoms with Crippen molar-refractivity contribution in [1.82, 2.24) is 0 Å². The average Bonchev–Trinajstić information content (AvgIpc) is 2.69. The van der Waals surface area contributed by atoms with Gasteiger partial charge in [0, 0.05) is 6.61 Å². The molecule has 0 radical (unpaired) electrons. The third-order valence-electron chi connectivity index (χ3n) is 3.25. The average molecular weight is 246 g/mol. The monoisotopic (exact) mass is 246 g/mol. The summed E-state index contributed by atoms with van der Waals surface area (Å²) in [6, 6.07) is 0. The molecule has 0 amide bonds. The van der Waals surface area contributed by atoms with E-state index in [1.807, 2.05) is 0 Å². The van der Waals surface area contributed by atoms with Gasteiger partial charge in [-0.05, 0) is 6.42 Å². The Morgan fingerprint density at radius 1 is 1.18 bits per heavy atom. The zero-order valence-corrected chi connectivity index (χ0v) is 10.8. The molecule has 0 aliphatic carbocycles. The highest BCUT2D eigenvalue weighted by molar-refractivity contribution is 4.83. The van der Waals surface area contributed by atoms with Crippen LogP contribution in [0.25, 0.3) is 0 Å². The molecule has 1 rings (SSSR count). The maximum atomic E-state index is 9.71. The number of aliphatic hydroxyl groups excluding tert-OH is 2. The van der Waals surface area contributed by atoms with E-state index in [9.17, 15) is 5.11 Å². The Morgan fingerprint density at radius 3 is 2.53 bits per heavy atom. The van der Waals surface area contributed by atoms with Gasteiger partial charge in [0.05, 0.1) is 13.2 Å². The second-order valence-electron chi connectivity index (χ2n) is 4.72. The molecule has 3 atom stereocenters. The SMILES string of the molecule is CCCCCCCCO[C@H]1CO[C@H](CO)[C@H]1O. The normalized spacial score (nSPS) is 28.8. The fourth-order valence-corrected chi connectivity index (χ4v) is 2.08. The number of ether oxygens (including phenoxy) is 2. The van der Waals surface area contributed by atoms with Crippen molar-refractivity contribution >= 4 is 0 Å². The summed E-state index contributed by atoms with van der Waals surface area (Å²) in [4.78, 5) is 0. The highest BCUT2D eigenvalue weighted by Crippen LogP contribution is 2.17. The van der Waals surface area contributed by atoms with Crippen LogP contribution in [0.15, 0.2) is 0 Å². The molecule has 0 aromatic rings. The predicted octanol–water partition coefficient (Wildman–Crippen LogP) is 1.48. The van der Waals surface area contributed by atoms with Crippen LogP contribution in [-0.4, -0.2) is 48.3 Å². The molecule has 102 valence electrons. The second kappa shape index (κ2) is 8.86. The van der Waals surface area contributed by atoms with Crippen LogP contribution in [0.4, 0.5) is 0 Å². The lowest BCUT2D eigenvalue weighted by molar-refractivity contribution is -0.0288. The minimum atomic E-state index is -0.680. The summed E-state index contributed by atoms with van der Waals surface area (Å²) in [6.45, 7) is 3.14. The lowest BCUT2D eigenvalue weighted by Crippen LogP contribution is -2.34. The standard InChI is InChI=1S/C13H26O4/c1-2-3-4-5-6-7-8-16-12-10-17-11(9-14)13(12)15/h11-15H,2-10H2,1H3/t11-,12+,13-/m1/s1. The van der Waals surface area contributed by atoms with Crippen LogP contribution in [0.5, 0.6) is 0 Å².